The number of sulfone groups is 1. The fourth-order valence-electron chi connectivity index (χ4n) is 1.19. The maximum Gasteiger partial charge on any atom is 0.283 e. The van der Waals surface area contributed by atoms with Gasteiger partial charge in [-0.3, -0.25) is 0 Å². The van der Waals surface area contributed by atoms with E-state index in [1.165, 1.54) is 6.92 Å². The Kier molecular flexibility index (Phi) is 5.24. The summed E-state index contributed by atoms with van der Waals surface area (Å²) < 4.78 is 38.3. The third-order valence-electron chi connectivity index (χ3n) is 2.30. The van der Waals surface area contributed by atoms with Gasteiger partial charge >= 0.3 is 0 Å². The summed E-state index contributed by atoms with van der Waals surface area (Å²) in [6.45, 7) is 5.96. The molecular formula is C10H18N2O5S. The van der Waals surface area contributed by atoms with Gasteiger partial charge in [0.25, 0.3) is 5.89 Å². The fraction of sp³-hybridized carbons (Fsp3) is 0.800. The summed E-state index contributed by atoms with van der Waals surface area (Å²) in [5, 5.41) is 2.82. The minimum Gasteiger partial charge on any atom is -0.345 e. The molecule has 1 unspecified atom stereocenters. The summed E-state index contributed by atoms with van der Waals surface area (Å²) in [5.41, 5.74) is 0. The Morgan fingerprint density at radius 2 is 1.83 bits per heavy atom. The Bertz CT molecular complexity index is 464. The molecule has 0 N–H and O–H groups in total. The number of rotatable bonds is 7. The molecule has 7 nitrogen and oxygen atoms in total. The van der Waals surface area contributed by atoms with Gasteiger partial charge in [0.1, 0.15) is 5.25 Å². The molecule has 1 heterocycles. The van der Waals surface area contributed by atoms with Crippen LogP contribution in [0.5, 0.6) is 0 Å². The van der Waals surface area contributed by atoms with E-state index < -0.39 is 21.4 Å². The van der Waals surface area contributed by atoms with Gasteiger partial charge in [-0.05, 0) is 20.8 Å². The van der Waals surface area contributed by atoms with Gasteiger partial charge < -0.3 is 14.0 Å². The third kappa shape index (κ3) is 3.76. The highest BCUT2D eigenvalue weighted by atomic mass is 32.2. The van der Waals surface area contributed by atoms with Crippen molar-refractivity contribution in [3.63, 3.8) is 0 Å². The lowest BCUT2D eigenvalue weighted by atomic mass is 10.4. The Labute approximate surface area is 106 Å². The first-order valence-electron chi connectivity index (χ1n) is 5.65. The molecule has 18 heavy (non-hydrogen) atoms. The lowest BCUT2D eigenvalue weighted by Gasteiger charge is -2.11. The lowest BCUT2D eigenvalue weighted by Crippen LogP contribution is -2.11. The van der Waals surface area contributed by atoms with Crippen molar-refractivity contribution in [3.05, 3.63) is 11.7 Å². The molecule has 0 fully saturated rings. The largest absolute Gasteiger partial charge is 0.345 e. The smallest absolute Gasteiger partial charge is 0.283 e. The van der Waals surface area contributed by atoms with E-state index in [1.54, 1.807) is 0 Å². The van der Waals surface area contributed by atoms with Crippen molar-refractivity contribution in [2.24, 2.45) is 0 Å². The number of ether oxygens (including phenoxy) is 2. The molecule has 1 aromatic heterocycles. The van der Waals surface area contributed by atoms with Crippen LogP contribution in [0.15, 0.2) is 4.52 Å². The van der Waals surface area contributed by atoms with Crippen LogP contribution in [0.1, 0.15) is 44.0 Å². The van der Waals surface area contributed by atoms with E-state index in [0.29, 0.717) is 13.2 Å². The van der Waals surface area contributed by atoms with E-state index in [0.717, 1.165) is 6.26 Å². The Morgan fingerprint density at radius 1 is 1.28 bits per heavy atom. The minimum atomic E-state index is -3.26. The SMILES string of the molecule is CCOC(OCC)c1nc(C(C)S(C)(=O)=O)no1. The molecule has 8 heteroatoms. The zero-order chi connectivity index (χ0) is 13.8. The van der Waals surface area contributed by atoms with Crippen molar-refractivity contribution < 1.29 is 22.4 Å². The lowest BCUT2D eigenvalue weighted by molar-refractivity contribution is -0.155. The van der Waals surface area contributed by atoms with E-state index in [1.807, 2.05) is 13.8 Å². The zero-order valence-electron chi connectivity index (χ0n) is 10.9. The van der Waals surface area contributed by atoms with Crippen molar-refractivity contribution in [1.29, 1.82) is 0 Å². The van der Waals surface area contributed by atoms with E-state index in [9.17, 15) is 8.42 Å². The van der Waals surface area contributed by atoms with Crippen molar-refractivity contribution >= 4 is 9.84 Å². The molecule has 0 amide bonds. The van der Waals surface area contributed by atoms with Gasteiger partial charge in [-0.2, -0.15) is 4.98 Å². The molecule has 104 valence electrons. The normalized spacial score (nSPS) is 14.1. The van der Waals surface area contributed by atoms with Crippen LogP contribution in [-0.4, -0.2) is 38.0 Å². The van der Waals surface area contributed by atoms with Crippen LogP contribution in [-0.2, 0) is 19.3 Å². The van der Waals surface area contributed by atoms with Gasteiger partial charge in [-0.15, -0.1) is 0 Å². The van der Waals surface area contributed by atoms with Crippen molar-refractivity contribution in [1.82, 2.24) is 10.1 Å². The molecule has 1 rings (SSSR count). The average molecular weight is 278 g/mol. The Morgan fingerprint density at radius 3 is 2.28 bits per heavy atom. The summed E-state index contributed by atoms with van der Waals surface area (Å²) in [6, 6.07) is 0. The summed E-state index contributed by atoms with van der Waals surface area (Å²) >= 11 is 0. The zero-order valence-corrected chi connectivity index (χ0v) is 11.7. The number of hydrogen-bond donors (Lipinski definition) is 0. The second-order valence-corrected chi connectivity index (χ2v) is 6.07. The van der Waals surface area contributed by atoms with Crippen LogP contribution >= 0.6 is 0 Å². The molecule has 0 aliphatic heterocycles. The van der Waals surface area contributed by atoms with Crippen molar-refractivity contribution in [3.8, 4) is 0 Å². The molecule has 0 aromatic carbocycles. The molecular weight excluding hydrogens is 260 g/mol. The molecule has 0 aliphatic rings. The molecule has 0 bridgehead atoms. The fourth-order valence-corrected chi connectivity index (χ4v) is 1.67. The van der Waals surface area contributed by atoms with E-state index in [-0.39, 0.29) is 11.7 Å². The van der Waals surface area contributed by atoms with Gasteiger partial charge in [0, 0.05) is 19.5 Å². The Hall–Kier alpha value is -0.990. The van der Waals surface area contributed by atoms with Gasteiger partial charge in [0.15, 0.2) is 15.7 Å². The van der Waals surface area contributed by atoms with Crippen LogP contribution in [0, 0.1) is 0 Å². The number of nitrogens with zero attached hydrogens (tertiary/aromatic N) is 2. The standard InChI is InChI=1S/C10H18N2O5S/c1-5-15-10(16-6-2)9-11-8(12-17-9)7(3)18(4,13)14/h7,10H,5-6H2,1-4H3. The molecule has 0 saturated heterocycles. The maximum atomic E-state index is 11.4. The van der Waals surface area contributed by atoms with Crippen LogP contribution in [0.25, 0.3) is 0 Å². The monoisotopic (exact) mass is 278 g/mol. The highest BCUT2D eigenvalue weighted by Gasteiger charge is 2.26. The summed E-state index contributed by atoms with van der Waals surface area (Å²) in [7, 11) is -3.26. The third-order valence-corrected chi connectivity index (χ3v) is 3.80. The average Bonchev–Trinajstić information content (AvgIpc) is 2.75. The molecule has 0 radical (unpaired) electrons. The quantitative estimate of drug-likeness (QED) is 0.693. The number of aromatic nitrogens is 2. The predicted octanol–water partition coefficient (Wildman–Crippen LogP) is 1.25. The highest BCUT2D eigenvalue weighted by Crippen LogP contribution is 2.22. The van der Waals surface area contributed by atoms with Crippen molar-refractivity contribution in [2.75, 3.05) is 19.5 Å². The van der Waals surface area contributed by atoms with Gasteiger partial charge in [-0.1, -0.05) is 5.16 Å². The Balaban J connectivity index is 2.90. The minimum absolute atomic E-state index is 0.108. The van der Waals surface area contributed by atoms with Crippen molar-refractivity contribution in [2.45, 2.75) is 32.3 Å². The van der Waals surface area contributed by atoms with Crippen LogP contribution < -0.4 is 0 Å². The van der Waals surface area contributed by atoms with Gasteiger partial charge in [-0.25, -0.2) is 8.42 Å². The second kappa shape index (κ2) is 6.26. The summed E-state index contributed by atoms with van der Waals surface area (Å²) in [6.07, 6.45) is 0.365. The topological polar surface area (TPSA) is 91.5 Å². The molecule has 0 aliphatic carbocycles. The number of hydrogen-bond acceptors (Lipinski definition) is 7. The molecule has 1 atom stereocenters. The molecule has 0 spiro atoms. The first-order chi connectivity index (χ1) is 8.40. The van der Waals surface area contributed by atoms with Crippen LogP contribution in [0.3, 0.4) is 0 Å². The van der Waals surface area contributed by atoms with E-state index in [4.69, 9.17) is 14.0 Å². The molecule has 1 aromatic rings. The molecule has 0 saturated carbocycles. The first-order valence-corrected chi connectivity index (χ1v) is 7.61. The van der Waals surface area contributed by atoms with E-state index in [2.05, 4.69) is 10.1 Å². The van der Waals surface area contributed by atoms with Crippen LogP contribution in [0.2, 0.25) is 0 Å². The highest BCUT2D eigenvalue weighted by molar-refractivity contribution is 7.90. The van der Waals surface area contributed by atoms with Gasteiger partial charge in [0.05, 0.1) is 0 Å². The van der Waals surface area contributed by atoms with Crippen LogP contribution in [0.4, 0.5) is 0 Å². The first kappa shape index (κ1) is 15.1. The van der Waals surface area contributed by atoms with Gasteiger partial charge in [0.2, 0.25) is 6.29 Å². The predicted molar refractivity (Wildman–Crippen MR) is 63.5 cm³/mol. The summed E-state index contributed by atoms with van der Waals surface area (Å²) in [5.74, 6) is 0.237. The second-order valence-electron chi connectivity index (χ2n) is 3.71. The summed E-state index contributed by atoms with van der Waals surface area (Å²) in [4.78, 5) is 4.01. The van der Waals surface area contributed by atoms with E-state index >= 15 is 0 Å². The maximum absolute atomic E-state index is 11.4.